The van der Waals surface area contributed by atoms with Gasteiger partial charge in [0.05, 0.1) is 18.0 Å². The molecule has 1 aliphatic heterocycles. The van der Waals surface area contributed by atoms with Crippen molar-refractivity contribution < 1.29 is 9.53 Å². The molecule has 26 heavy (non-hydrogen) atoms. The molecule has 0 spiro atoms. The number of aromatic nitrogens is 1. The van der Waals surface area contributed by atoms with Gasteiger partial charge in [-0.2, -0.15) is 0 Å². The zero-order valence-electron chi connectivity index (χ0n) is 14.4. The maximum absolute atomic E-state index is 12.9. The van der Waals surface area contributed by atoms with Gasteiger partial charge in [0.25, 0.3) is 5.91 Å². The molecule has 4 rings (SSSR count). The van der Waals surface area contributed by atoms with E-state index >= 15 is 0 Å². The van der Waals surface area contributed by atoms with Gasteiger partial charge in [0.1, 0.15) is 5.75 Å². The number of thiazole rings is 1. The molecule has 0 unspecified atom stereocenters. The van der Waals surface area contributed by atoms with E-state index in [1.54, 1.807) is 11.0 Å². The second kappa shape index (κ2) is 7.14. The lowest BCUT2D eigenvalue weighted by molar-refractivity contribution is -0.113. The van der Waals surface area contributed by atoms with Crippen LogP contribution in [0.3, 0.4) is 0 Å². The van der Waals surface area contributed by atoms with Crippen molar-refractivity contribution >= 4 is 34.1 Å². The summed E-state index contributed by atoms with van der Waals surface area (Å²) in [5.74, 6) is 0.819. The first-order valence-electron chi connectivity index (χ1n) is 8.46. The molecule has 0 fully saturated rings. The minimum atomic E-state index is -0.123. The molecule has 0 bridgehead atoms. The number of carbonyl (C=O) groups is 1. The summed E-state index contributed by atoms with van der Waals surface area (Å²) in [6.07, 6.45) is 4.36. The highest BCUT2D eigenvalue weighted by Crippen LogP contribution is 2.29. The molecule has 130 valence electrons. The molecule has 1 amide bonds. The van der Waals surface area contributed by atoms with Crippen molar-refractivity contribution in [3.8, 4) is 5.75 Å². The zero-order chi connectivity index (χ0) is 17.9. The second-order valence-corrected chi connectivity index (χ2v) is 6.92. The number of amides is 1. The second-order valence-electron chi connectivity index (χ2n) is 6.08. The average molecular weight is 362 g/mol. The monoisotopic (exact) mass is 362 g/mol. The molecule has 1 aliphatic rings. The SMILES string of the molecule is Cc1csc(N(C(=O)/C=C/c2ccc3c(c2)CCO3)c2ccccc2)n1. The van der Waals surface area contributed by atoms with Crippen molar-refractivity contribution in [3.63, 3.8) is 0 Å². The fourth-order valence-corrected chi connectivity index (χ4v) is 3.73. The van der Waals surface area contributed by atoms with Crippen LogP contribution in [0.2, 0.25) is 0 Å². The third-order valence-corrected chi connectivity index (χ3v) is 5.11. The highest BCUT2D eigenvalue weighted by Gasteiger charge is 2.19. The molecule has 1 aromatic heterocycles. The van der Waals surface area contributed by atoms with Crippen molar-refractivity contribution in [2.75, 3.05) is 11.5 Å². The van der Waals surface area contributed by atoms with Gasteiger partial charge in [-0.15, -0.1) is 11.3 Å². The Morgan fingerprint density at radius 2 is 2.08 bits per heavy atom. The molecule has 2 heterocycles. The van der Waals surface area contributed by atoms with Crippen LogP contribution in [0.5, 0.6) is 5.75 Å². The number of fused-ring (bicyclic) bond motifs is 1. The summed E-state index contributed by atoms with van der Waals surface area (Å²) in [7, 11) is 0. The van der Waals surface area contributed by atoms with E-state index in [0.29, 0.717) is 5.13 Å². The fourth-order valence-electron chi connectivity index (χ4n) is 2.91. The first-order chi connectivity index (χ1) is 12.7. The molecule has 0 aliphatic carbocycles. The molecule has 3 aromatic rings. The van der Waals surface area contributed by atoms with E-state index in [1.807, 2.05) is 60.8 Å². The molecule has 0 atom stereocenters. The van der Waals surface area contributed by atoms with Crippen molar-refractivity contribution in [2.45, 2.75) is 13.3 Å². The summed E-state index contributed by atoms with van der Waals surface area (Å²) >= 11 is 1.46. The number of nitrogens with zero attached hydrogens (tertiary/aromatic N) is 2. The number of hydrogen-bond acceptors (Lipinski definition) is 4. The molecule has 0 radical (unpaired) electrons. The largest absolute Gasteiger partial charge is 0.493 e. The van der Waals surface area contributed by atoms with Crippen LogP contribution in [-0.4, -0.2) is 17.5 Å². The Bertz CT molecular complexity index is 963. The summed E-state index contributed by atoms with van der Waals surface area (Å²) in [5.41, 5.74) is 3.89. The van der Waals surface area contributed by atoms with Crippen LogP contribution < -0.4 is 9.64 Å². The van der Waals surface area contributed by atoms with E-state index in [9.17, 15) is 4.79 Å². The Kier molecular flexibility index (Phi) is 4.54. The molecule has 2 aromatic carbocycles. The Morgan fingerprint density at radius 3 is 2.85 bits per heavy atom. The topological polar surface area (TPSA) is 42.4 Å². The predicted molar refractivity (Wildman–Crippen MR) is 105 cm³/mol. The van der Waals surface area contributed by atoms with Crippen LogP contribution in [0.4, 0.5) is 10.8 Å². The van der Waals surface area contributed by atoms with Crippen LogP contribution in [0.25, 0.3) is 6.08 Å². The van der Waals surface area contributed by atoms with Crippen LogP contribution in [0.15, 0.2) is 60.0 Å². The minimum absolute atomic E-state index is 0.123. The van der Waals surface area contributed by atoms with E-state index in [-0.39, 0.29) is 5.91 Å². The smallest absolute Gasteiger partial charge is 0.257 e. The first-order valence-corrected chi connectivity index (χ1v) is 9.34. The Labute approximate surface area is 156 Å². The van der Waals surface area contributed by atoms with Gasteiger partial charge < -0.3 is 4.74 Å². The number of rotatable bonds is 4. The van der Waals surface area contributed by atoms with Gasteiger partial charge in [-0.3, -0.25) is 9.69 Å². The standard InChI is InChI=1S/C21H18N2O2S/c1-15-14-26-21(22-15)23(18-5-3-2-4-6-18)20(24)10-8-16-7-9-19-17(13-16)11-12-25-19/h2-10,13-14H,11-12H2,1H3/b10-8+. The number of ether oxygens (including phenoxy) is 1. The summed E-state index contributed by atoms with van der Waals surface area (Å²) in [5, 5.41) is 2.62. The van der Waals surface area contributed by atoms with Gasteiger partial charge in [0.15, 0.2) is 5.13 Å². The van der Waals surface area contributed by atoms with Gasteiger partial charge in [0.2, 0.25) is 0 Å². The lowest BCUT2D eigenvalue weighted by atomic mass is 10.1. The summed E-state index contributed by atoms with van der Waals surface area (Å²) < 4.78 is 5.53. The third-order valence-electron chi connectivity index (χ3n) is 4.16. The molecular formula is C21H18N2O2S. The fraction of sp³-hybridized carbons (Fsp3) is 0.143. The van der Waals surface area contributed by atoms with E-state index in [2.05, 4.69) is 11.1 Å². The zero-order valence-corrected chi connectivity index (χ0v) is 15.2. The quantitative estimate of drug-likeness (QED) is 0.628. The van der Waals surface area contributed by atoms with E-state index in [0.717, 1.165) is 35.7 Å². The van der Waals surface area contributed by atoms with Gasteiger partial charge in [-0.1, -0.05) is 24.3 Å². The third kappa shape index (κ3) is 3.39. The first kappa shape index (κ1) is 16.5. The summed E-state index contributed by atoms with van der Waals surface area (Å²) in [6, 6.07) is 15.6. The van der Waals surface area contributed by atoms with Crippen molar-refractivity contribution in [1.82, 2.24) is 4.98 Å². The Hall–Kier alpha value is -2.92. The molecule has 4 nitrogen and oxygen atoms in total. The highest BCUT2D eigenvalue weighted by molar-refractivity contribution is 7.14. The van der Waals surface area contributed by atoms with Gasteiger partial charge in [-0.05, 0) is 48.4 Å². The van der Waals surface area contributed by atoms with Crippen LogP contribution in [0, 0.1) is 6.92 Å². The maximum Gasteiger partial charge on any atom is 0.257 e. The summed E-state index contributed by atoms with van der Waals surface area (Å²) in [6.45, 7) is 2.66. The number of carbonyl (C=O) groups excluding carboxylic acids is 1. The van der Waals surface area contributed by atoms with Gasteiger partial charge in [-0.25, -0.2) is 4.98 Å². The lowest BCUT2D eigenvalue weighted by Gasteiger charge is -2.18. The molecule has 0 saturated heterocycles. The molecule has 0 saturated carbocycles. The van der Waals surface area contributed by atoms with Crippen molar-refractivity contribution in [1.29, 1.82) is 0 Å². The van der Waals surface area contributed by atoms with E-state index < -0.39 is 0 Å². The minimum Gasteiger partial charge on any atom is -0.493 e. The van der Waals surface area contributed by atoms with Crippen LogP contribution >= 0.6 is 11.3 Å². The Morgan fingerprint density at radius 1 is 1.23 bits per heavy atom. The summed E-state index contributed by atoms with van der Waals surface area (Å²) in [4.78, 5) is 19.1. The highest BCUT2D eigenvalue weighted by atomic mass is 32.1. The molecule has 0 N–H and O–H groups in total. The Balaban J connectivity index is 1.62. The van der Waals surface area contributed by atoms with E-state index in [1.165, 1.54) is 16.9 Å². The maximum atomic E-state index is 12.9. The number of benzene rings is 2. The predicted octanol–water partition coefficient (Wildman–Crippen LogP) is 4.76. The van der Waals surface area contributed by atoms with Crippen molar-refractivity contribution in [2.24, 2.45) is 0 Å². The average Bonchev–Trinajstić information content (AvgIpc) is 3.29. The van der Waals surface area contributed by atoms with Gasteiger partial charge in [0, 0.05) is 17.9 Å². The van der Waals surface area contributed by atoms with Crippen LogP contribution in [-0.2, 0) is 11.2 Å². The number of anilines is 2. The van der Waals surface area contributed by atoms with Crippen molar-refractivity contribution in [3.05, 3.63) is 76.8 Å². The van der Waals surface area contributed by atoms with Gasteiger partial charge >= 0.3 is 0 Å². The lowest BCUT2D eigenvalue weighted by Crippen LogP contribution is -2.23. The van der Waals surface area contributed by atoms with Crippen LogP contribution in [0.1, 0.15) is 16.8 Å². The molecular weight excluding hydrogens is 344 g/mol. The number of aryl methyl sites for hydroxylation is 1. The molecule has 5 heteroatoms. The van der Waals surface area contributed by atoms with E-state index in [4.69, 9.17) is 4.74 Å². The number of hydrogen-bond donors (Lipinski definition) is 0. The normalized spacial score (nSPS) is 12.8. The number of para-hydroxylation sites is 1.